The number of fused-ring (bicyclic) bond motifs is 1. The lowest BCUT2D eigenvalue weighted by Gasteiger charge is -2.33. The van der Waals surface area contributed by atoms with Crippen molar-refractivity contribution in [3.05, 3.63) is 79.6 Å². The van der Waals surface area contributed by atoms with E-state index in [2.05, 4.69) is 47.3 Å². The molecule has 0 saturated carbocycles. The van der Waals surface area contributed by atoms with Crippen LogP contribution in [0, 0.1) is 11.3 Å². The highest BCUT2D eigenvalue weighted by molar-refractivity contribution is 9.10. The van der Waals surface area contributed by atoms with Gasteiger partial charge in [0.05, 0.1) is 5.56 Å². The summed E-state index contributed by atoms with van der Waals surface area (Å²) in [5.41, 5.74) is 2.95. The number of anilines is 2. The number of carbonyl (C=O) groups excluding carboxylic acids is 2. The third kappa shape index (κ3) is 5.51. The van der Waals surface area contributed by atoms with Crippen LogP contribution < -0.4 is 10.6 Å². The van der Waals surface area contributed by atoms with Crippen molar-refractivity contribution < 1.29 is 9.59 Å². The first-order valence-electron chi connectivity index (χ1n) is 10.9. The lowest BCUT2D eigenvalue weighted by Crippen LogP contribution is -2.27. The predicted molar refractivity (Wildman–Crippen MR) is 141 cm³/mol. The van der Waals surface area contributed by atoms with Crippen molar-refractivity contribution in [1.29, 1.82) is 0 Å². The van der Waals surface area contributed by atoms with Gasteiger partial charge in [0, 0.05) is 25.6 Å². The molecule has 33 heavy (non-hydrogen) atoms. The highest BCUT2D eigenvalue weighted by Gasteiger charge is 2.34. The molecular formula is C26H26BrClN2O2S. The summed E-state index contributed by atoms with van der Waals surface area (Å²) in [5, 5.41) is 7.13. The van der Waals surface area contributed by atoms with Gasteiger partial charge < -0.3 is 10.6 Å². The quantitative estimate of drug-likeness (QED) is 0.351. The van der Waals surface area contributed by atoms with Crippen LogP contribution in [0.2, 0.25) is 5.02 Å². The molecule has 0 fully saturated rings. The minimum atomic E-state index is -0.237. The number of rotatable bonds is 4. The van der Waals surface area contributed by atoms with Crippen LogP contribution in [0.1, 0.15) is 58.3 Å². The van der Waals surface area contributed by atoms with Gasteiger partial charge in [0.1, 0.15) is 5.00 Å². The lowest BCUT2D eigenvalue weighted by molar-refractivity contribution is 0.102. The fourth-order valence-corrected chi connectivity index (χ4v) is 6.13. The van der Waals surface area contributed by atoms with Crippen molar-refractivity contribution in [3.63, 3.8) is 0 Å². The van der Waals surface area contributed by atoms with Gasteiger partial charge in [0.25, 0.3) is 11.8 Å². The molecule has 2 N–H and O–H groups in total. The number of thiophene rings is 1. The van der Waals surface area contributed by atoms with Crippen LogP contribution in [0.4, 0.5) is 10.7 Å². The van der Waals surface area contributed by atoms with E-state index in [1.807, 2.05) is 12.1 Å². The van der Waals surface area contributed by atoms with E-state index in [1.54, 1.807) is 36.4 Å². The van der Waals surface area contributed by atoms with Gasteiger partial charge in [-0.25, -0.2) is 0 Å². The number of hydrogen-bond acceptors (Lipinski definition) is 3. The molecule has 2 aromatic carbocycles. The van der Waals surface area contributed by atoms with Crippen molar-refractivity contribution in [2.24, 2.45) is 11.3 Å². The van der Waals surface area contributed by atoms with Gasteiger partial charge in [-0.2, -0.15) is 0 Å². The Bertz CT molecular complexity index is 1220. The van der Waals surface area contributed by atoms with E-state index in [4.69, 9.17) is 11.6 Å². The molecule has 1 heterocycles. The number of hydrogen-bond donors (Lipinski definition) is 2. The monoisotopic (exact) mass is 544 g/mol. The van der Waals surface area contributed by atoms with E-state index in [9.17, 15) is 9.59 Å². The van der Waals surface area contributed by atoms with Gasteiger partial charge in [0.2, 0.25) is 0 Å². The fraction of sp³-hybridized carbons (Fsp3) is 0.308. The average molecular weight is 546 g/mol. The Morgan fingerprint density at radius 1 is 1.06 bits per heavy atom. The van der Waals surface area contributed by atoms with Crippen molar-refractivity contribution in [2.45, 2.75) is 40.0 Å². The molecule has 7 heteroatoms. The van der Waals surface area contributed by atoms with Gasteiger partial charge >= 0.3 is 0 Å². The van der Waals surface area contributed by atoms with Crippen molar-refractivity contribution in [2.75, 3.05) is 10.6 Å². The van der Waals surface area contributed by atoms with Crippen LogP contribution in [0.15, 0.2) is 53.0 Å². The first-order valence-corrected chi connectivity index (χ1v) is 12.9. The molecule has 0 bridgehead atoms. The average Bonchev–Trinajstić information content (AvgIpc) is 3.10. The van der Waals surface area contributed by atoms with Gasteiger partial charge in [-0.15, -0.1) is 11.3 Å². The summed E-state index contributed by atoms with van der Waals surface area (Å²) in [6, 6.07) is 14.3. The first kappa shape index (κ1) is 24.0. The minimum absolute atomic E-state index is 0.185. The molecule has 3 aromatic rings. The van der Waals surface area contributed by atoms with E-state index in [1.165, 1.54) is 16.2 Å². The molecule has 0 radical (unpaired) electrons. The maximum absolute atomic E-state index is 13.4. The number of nitrogens with one attached hydrogen (secondary N) is 2. The van der Waals surface area contributed by atoms with E-state index < -0.39 is 0 Å². The van der Waals surface area contributed by atoms with E-state index in [-0.39, 0.29) is 17.2 Å². The summed E-state index contributed by atoms with van der Waals surface area (Å²) in [5.74, 6) is 0.0636. The van der Waals surface area contributed by atoms with E-state index in [0.29, 0.717) is 32.8 Å². The van der Waals surface area contributed by atoms with E-state index >= 15 is 0 Å². The van der Waals surface area contributed by atoms with Crippen LogP contribution >= 0.6 is 38.9 Å². The molecule has 4 nitrogen and oxygen atoms in total. The third-order valence-electron chi connectivity index (χ3n) is 6.11. The summed E-state index contributed by atoms with van der Waals surface area (Å²) in [7, 11) is 0. The second-order valence-corrected chi connectivity index (χ2v) is 11.9. The minimum Gasteiger partial charge on any atom is -0.322 e. The number of halogens is 2. The Balaban J connectivity index is 1.69. The molecule has 2 amide bonds. The van der Waals surface area contributed by atoms with Crippen molar-refractivity contribution in [1.82, 2.24) is 0 Å². The molecule has 1 aliphatic rings. The smallest absolute Gasteiger partial charge is 0.258 e. The standard InChI is InChI=1S/C26H26BrClN2O2S/c1-26(2,3)16-10-11-20-21(13-16)33-25(30-23(31)15-6-4-7-17(27)12-15)22(20)24(32)29-19-9-5-8-18(28)14-19/h4-9,12,14,16H,10-11,13H2,1-3H3,(H,29,32)(H,30,31). The van der Waals surface area contributed by atoms with Gasteiger partial charge in [-0.05, 0) is 72.6 Å². The molecule has 1 aromatic heterocycles. The topological polar surface area (TPSA) is 58.2 Å². The summed E-state index contributed by atoms with van der Waals surface area (Å²) in [6.07, 6.45) is 2.75. The summed E-state index contributed by atoms with van der Waals surface area (Å²) in [4.78, 5) is 27.6. The Kier molecular flexibility index (Phi) is 6.99. The molecule has 1 atom stereocenters. The van der Waals surface area contributed by atoms with Crippen LogP contribution in [-0.4, -0.2) is 11.8 Å². The third-order valence-corrected chi connectivity index (χ3v) is 8.01. The zero-order chi connectivity index (χ0) is 23.8. The molecular weight excluding hydrogens is 520 g/mol. The first-order chi connectivity index (χ1) is 15.6. The summed E-state index contributed by atoms with van der Waals surface area (Å²) >= 11 is 11.0. The number of benzene rings is 2. The van der Waals surface area contributed by atoms with Crippen LogP contribution in [0.3, 0.4) is 0 Å². The molecule has 1 aliphatic carbocycles. The van der Waals surface area contributed by atoms with Crippen molar-refractivity contribution in [3.8, 4) is 0 Å². The number of amides is 2. The fourth-order valence-electron chi connectivity index (χ4n) is 4.22. The highest BCUT2D eigenvalue weighted by atomic mass is 79.9. The normalized spacial score (nSPS) is 15.6. The lowest BCUT2D eigenvalue weighted by atomic mass is 9.72. The Labute approximate surface area is 211 Å². The maximum atomic E-state index is 13.4. The van der Waals surface area contributed by atoms with Crippen molar-refractivity contribution >= 4 is 61.4 Å². The van der Waals surface area contributed by atoms with Gasteiger partial charge in [0.15, 0.2) is 0 Å². The molecule has 0 saturated heterocycles. The number of carbonyl (C=O) groups is 2. The molecule has 0 aliphatic heterocycles. The summed E-state index contributed by atoms with van der Waals surface area (Å²) < 4.78 is 0.826. The highest BCUT2D eigenvalue weighted by Crippen LogP contribution is 2.44. The second-order valence-electron chi connectivity index (χ2n) is 9.44. The van der Waals surface area contributed by atoms with E-state index in [0.717, 1.165) is 29.3 Å². The largest absolute Gasteiger partial charge is 0.322 e. The Morgan fingerprint density at radius 2 is 1.82 bits per heavy atom. The zero-order valence-electron chi connectivity index (χ0n) is 18.8. The summed E-state index contributed by atoms with van der Waals surface area (Å²) in [6.45, 7) is 6.79. The Morgan fingerprint density at radius 3 is 2.52 bits per heavy atom. The van der Waals surface area contributed by atoms with Crippen LogP contribution in [0.25, 0.3) is 0 Å². The molecule has 1 unspecified atom stereocenters. The van der Waals surface area contributed by atoms with Gasteiger partial charge in [-0.1, -0.05) is 60.4 Å². The molecule has 0 spiro atoms. The van der Waals surface area contributed by atoms with Crippen LogP contribution in [-0.2, 0) is 12.8 Å². The maximum Gasteiger partial charge on any atom is 0.258 e. The second kappa shape index (κ2) is 9.61. The Hall–Kier alpha value is -2.15. The van der Waals surface area contributed by atoms with Crippen LogP contribution in [0.5, 0.6) is 0 Å². The zero-order valence-corrected chi connectivity index (χ0v) is 22.0. The van der Waals surface area contributed by atoms with Gasteiger partial charge in [-0.3, -0.25) is 9.59 Å². The SMILES string of the molecule is CC(C)(C)C1CCc2c(sc(NC(=O)c3cccc(Br)c3)c2C(=O)Nc2cccc(Cl)c2)C1. The predicted octanol–water partition coefficient (Wildman–Crippen LogP) is 7.82. The molecule has 4 rings (SSSR count). The molecule has 172 valence electrons.